The third kappa shape index (κ3) is 7.07. The number of rotatable bonds is 11. The highest BCUT2D eigenvalue weighted by molar-refractivity contribution is 5.66. The van der Waals surface area contributed by atoms with E-state index in [0.29, 0.717) is 28.5 Å². The van der Waals surface area contributed by atoms with E-state index in [1.165, 1.54) is 18.2 Å². The predicted molar refractivity (Wildman–Crippen MR) is 138 cm³/mol. The fourth-order valence-corrected chi connectivity index (χ4v) is 4.02. The highest BCUT2D eigenvalue weighted by Gasteiger charge is 2.19. The molecule has 0 atom stereocenters. The average molecular weight is 534 g/mol. The van der Waals surface area contributed by atoms with Crippen LogP contribution in [0.3, 0.4) is 0 Å². The van der Waals surface area contributed by atoms with Gasteiger partial charge in [-0.05, 0) is 48.9 Å². The van der Waals surface area contributed by atoms with Crippen LogP contribution < -0.4 is 19.5 Å². The van der Waals surface area contributed by atoms with E-state index in [2.05, 4.69) is 0 Å². The molecule has 200 valence electrons. The fraction of sp³-hybridized carbons (Fsp3) is 0.138. The van der Waals surface area contributed by atoms with Crippen molar-refractivity contribution in [3.63, 3.8) is 0 Å². The molecule has 0 aliphatic carbocycles. The van der Waals surface area contributed by atoms with Gasteiger partial charge in [-0.2, -0.15) is 0 Å². The molecule has 4 rings (SSSR count). The van der Waals surface area contributed by atoms with Gasteiger partial charge in [0, 0.05) is 42.5 Å². The summed E-state index contributed by atoms with van der Waals surface area (Å²) >= 11 is 0. The maximum absolute atomic E-state index is 14.5. The van der Waals surface area contributed by atoms with Crippen molar-refractivity contribution in [3.8, 4) is 17.2 Å². The lowest BCUT2D eigenvalue weighted by Gasteiger charge is -2.27. The summed E-state index contributed by atoms with van der Waals surface area (Å²) in [5.74, 6) is -1.51. The minimum absolute atomic E-state index is 0.0467. The van der Waals surface area contributed by atoms with E-state index < -0.39 is 29.1 Å². The number of carbonyl (C=O) groups excluding carboxylic acids is 1. The summed E-state index contributed by atoms with van der Waals surface area (Å²) in [6.07, 6.45) is 0. The molecule has 0 aromatic heterocycles. The Kier molecular flexibility index (Phi) is 8.35. The Labute approximate surface area is 222 Å². The van der Waals surface area contributed by atoms with Gasteiger partial charge in [0.2, 0.25) is 0 Å². The summed E-state index contributed by atoms with van der Waals surface area (Å²) < 4.78 is 38.9. The molecule has 0 saturated heterocycles. The van der Waals surface area contributed by atoms with Crippen LogP contribution in [0, 0.1) is 28.7 Å². The molecule has 39 heavy (non-hydrogen) atoms. The van der Waals surface area contributed by atoms with Gasteiger partial charge in [-0.25, -0.2) is 8.78 Å². The first kappa shape index (κ1) is 27.1. The second kappa shape index (κ2) is 12.0. The fourth-order valence-electron chi connectivity index (χ4n) is 4.02. The minimum atomic E-state index is -1.34. The van der Waals surface area contributed by atoms with Crippen LogP contribution in [0.1, 0.15) is 16.7 Å². The Morgan fingerprint density at radius 3 is 2.31 bits per heavy atom. The maximum atomic E-state index is 14.5. The zero-order valence-electron chi connectivity index (χ0n) is 20.8. The molecule has 0 fully saturated rings. The van der Waals surface area contributed by atoms with Crippen molar-refractivity contribution in [2.75, 3.05) is 11.5 Å². The van der Waals surface area contributed by atoms with Gasteiger partial charge in [-0.3, -0.25) is 10.1 Å². The van der Waals surface area contributed by atoms with Crippen molar-refractivity contribution in [2.45, 2.75) is 20.0 Å². The van der Waals surface area contributed by atoms with Gasteiger partial charge in [0.05, 0.1) is 16.5 Å². The lowest BCUT2D eigenvalue weighted by molar-refractivity contribution is -0.385. The third-order valence-corrected chi connectivity index (χ3v) is 5.88. The van der Waals surface area contributed by atoms with E-state index in [-0.39, 0.29) is 24.3 Å². The normalized spacial score (nSPS) is 10.6. The molecule has 0 heterocycles. The smallest absolute Gasteiger partial charge is 0.274 e. The minimum Gasteiger partial charge on any atom is -0.546 e. The Morgan fingerprint density at radius 1 is 0.897 bits per heavy atom. The molecule has 0 unspecified atom stereocenters. The first-order valence-electron chi connectivity index (χ1n) is 11.8. The van der Waals surface area contributed by atoms with Gasteiger partial charge in [0.1, 0.15) is 35.5 Å². The lowest BCUT2D eigenvalue weighted by Crippen LogP contribution is -2.28. The van der Waals surface area contributed by atoms with Gasteiger partial charge in [0.15, 0.2) is 0 Å². The van der Waals surface area contributed by atoms with E-state index in [9.17, 15) is 28.8 Å². The average Bonchev–Trinajstić information content (AvgIpc) is 2.90. The summed E-state index contributed by atoms with van der Waals surface area (Å²) in [7, 11) is 0. The van der Waals surface area contributed by atoms with Gasteiger partial charge in [0.25, 0.3) is 5.69 Å². The molecule has 0 saturated carbocycles. The molecule has 10 heteroatoms. The Bertz CT molecular complexity index is 1490. The van der Waals surface area contributed by atoms with Gasteiger partial charge in [-0.15, -0.1) is 0 Å². The number of nitrogens with zero attached hydrogens (tertiary/aromatic N) is 2. The van der Waals surface area contributed by atoms with Crippen LogP contribution in [0.25, 0.3) is 0 Å². The standard InChI is InChI=1S/C29H24F2N2O6/c1-19-27(6-3-7-28(19)33(36)37)32(17-21-10-11-22(30)14-26(21)31)16-20-8-12-23(13-9-20)39-25-5-2-4-24(15-25)38-18-29(34)35/h2-15H,16-18H2,1H3,(H,34,35)/p-1. The van der Waals surface area contributed by atoms with Crippen molar-refractivity contribution in [3.05, 3.63) is 123 Å². The largest absolute Gasteiger partial charge is 0.546 e. The quantitative estimate of drug-likeness (QED) is 0.190. The molecule has 0 N–H and O–H groups in total. The second-order valence-electron chi connectivity index (χ2n) is 8.65. The van der Waals surface area contributed by atoms with Crippen molar-refractivity contribution < 1.29 is 33.1 Å². The number of carboxylic acids is 1. The van der Waals surface area contributed by atoms with Gasteiger partial charge >= 0.3 is 0 Å². The summed E-state index contributed by atoms with van der Waals surface area (Å²) in [6, 6.07) is 21.5. The summed E-state index contributed by atoms with van der Waals surface area (Å²) in [5, 5.41) is 22.1. The Morgan fingerprint density at radius 2 is 1.62 bits per heavy atom. The van der Waals surface area contributed by atoms with Crippen molar-refractivity contribution in [2.24, 2.45) is 0 Å². The number of benzene rings is 4. The lowest BCUT2D eigenvalue weighted by atomic mass is 10.1. The van der Waals surface area contributed by atoms with Crippen LogP contribution in [0.15, 0.2) is 84.9 Å². The number of nitro benzene ring substituents is 1. The van der Waals surface area contributed by atoms with Crippen LogP contribution in [0.4, 0.5) is 20.2 Å². The molecule has 0 aliphatic heterocycles. The number of carbonyl (C=O) groups is 1. The SMILES string of the molecule is Cc1c(N(Cc2ccc(Oc3cccc(OCC(=O)[O-])c3)cc2)Cc2ccc(F)cc2F)cccc1[N+](=O)[O-]. The monoisotopic (exact) mass is 533 g/mol. The second-order valence-corrected chi connectivity index (χ2v) is 8.65. The molecular weight excluding hydrogens is 510 g/mol. The summed E-state index contributed by atoms with van der Waals surface area (Å²) in [5.41, 5.74) is 1.95. The van der Waals surface area contributed by atoms with Gasteiger partial charge < -0.3 is 24.3 Å². The highest BCUT2D eigenvalue weighted by Crippen LogP contribution is 2.32. The zero-order valence-corrected chi connectivity index (χ0v) is 20.8. The van der Waals surface area contributed by atoms with Crippen molar-refractivity contribution in [1.82, 2.24) is 0 Å². The Balaban J connectivity index is 1.56. The van der Waals surface area contributed by atoms with Crippen LogP contribution in [0.5, 0.6) is 17.2 Å². The predicted octanol–water partition coefficient (Wildman–Crippen LogP) is 5.31. The number of anilines is 1. The molecule has 8 nitrogen and oxygen atoms in total. The van der Waals surface area contributed by atoms with Crippen molar-refractivity contribution >= 4 is 17.3 Å². The summed E-state index contributed by atoms with van der Waals surface area (Å²) in [4.78, 5) is 23.4. The van der Waals surface area contributed by atoms with E-state index in [1.54, 1.807) is 72.5 Å². The van der Waals surface area contributed by atoms with Crippen LogP contribution in [0.2, 0.25) is 0 Å². The number of carboxylic acid groups (broad SMARTS) is 1. The number of nitro groups is 1. The molecule has 0 aliphatic rings. The first-order chi connectivity index (χ1) is 18.7. The van der Waals surface area contributed by atoms with Crippen LogP contribution in [-0.4, -0.2) is 17.5 Å². The number of hydrogen-bond acceptors (Lipinski definition) is 7. The molecule has 0 radical (unpaired) electrons. The van der Waals surface area contributed by atoms with E-state index in [0.717, 1.165) is 11.6 Å². The molecule has 4 aromatic carbocycles. The Hall–Kier alpha value is -4.99. The highest BCUT2D eigenvalue weighted by atomic mass is 19.1. The van der Waals surface area contributed by atoms with E-state index in [4.69, 9.17) is 9.47 Å². The molecule has 4 aromatic rings. The molecular formula is C29H23F2N2O6-. The first-order valence-corrected chi connectivity index (χ1v) is 11.8. The molecule has 0 bridgehead atoms. The van der Waals surface area contributed by atoms with Crippen molar-refractivity contribution in [1.29, 1.82) is 0 Å². The van der Waals surface area contributed by atoms with E-state index >= 15 is 0 Å². The number of hydrogen-bond donors (Lipinski definition) is 0. The topological polar surface area (TPSA) is 105 Å². The number of aliphatic carboxylic acids is 1. The van der Waals surface area contributed by atoms with Crippen LogP contribution in [-0.2, 0) is 17.9 Å². The molecule has 0 spiro atoms. The van der Waals surface area contributed by atoms with Crippen LogP contribution >= 0.6 is 0 Å². The summed E-state index contributed by atoms with van der Waals surface area (Å²) in [6.45, 7) is 1.36. The van der Waals surface area contributed by atoms with E-state index in [1.807, 2.05) is 0 Å². The molecule has 0 amide bonds. The third-order valence-electron chi connectivity index (χ3n) is 5.88. The zero-order chi connectivity index (χ0) is 27.9. The number of halogens is 2. The van der Waals surface area contributed by atoms with Gasteiger partial charge in [-0.1, -0.05) is 30.3 Å². The number of ether oxygens (including phenoxy) is 2. The maximum Gasteiger partial charge on any atom is 0.274 e.